The highest BCUT2D eigenvalue weighted by Crippen LogP contribution is 2.28. The van der Waals surface area contributed by atoms with Crippen LogP contribution < -0.4 is 10.1 Å². The van der Waals surface area contributed by atoms with Crippen LogP contribution in [0.2, 0.25) is 0 Å². The molecule has 1 aliphatic rings. The van der Waals surface area contributed by atoms with E-state index in [9.17, 15) is 0 Å². The van der Waals surface area contributed by atoms with Crippen molar-refractivity contribution in [2.45, 2.75) is 32.2 Å². The van der Waals surface area contributed by atoms with E-state index in [4.69, 9.17) is 9.84 Å². The topological polar surface area (TPSA) is 41.5 Å². The summed E-state index contributed by atoms with van der Waals surface area (Å²) in [7, 11) is 0. The van der Waals surface area contributed by atoms with Gasteiger partial charge < -0.3 is 15.2 Å². The van der Waals surface area contributed by atoms with E-state index in [0.29, 0.717) is 19.1 Å². The summed E-state index contributed by atoms with van der Waals surface area (Å²) in [6.45, 7) is 2.79. The van der Waals surface area contributed by atoms with Crippen molar-refractivity contribution in [3.63, 3.8) is 0 Å². The molecule has 1 fully saturated rings. The van der Waals surface area contributed by atoms with E-state index in [1.807, 2.05) is 13.0 Å². The van der Waals surface area contributed by atoms with Gasteiger partial charge in [-0.05, 0) is 31.4 Å². The SMILES string of the molecule is Cc1ccc(NC2CC2)cc1OCCCO. The zero-order valence-electron chi connectivity index (χ0n) is 9.70. The van der Waals surface area contributed by atoms with Crippen molar-refractivity contribution < 1.29 is 9.84 Å². The Hall–Kier alpha value is -1.22. The minimum atomic E-state index is 0.180. The van der Waals surface area contributed by atoms with Crippen molar-refractivity contribution >= 4 is 5.69 Å². The summed E-state index contributed by atoms with van der Waals surface area (Å²) in [6, 6.07) is 6.87. The second-order valence-corrected chi connectivity index (χ2v) is 4.32. The number of aliphatic hydroxyl groups excluding tert-OH is 1. The first-order valence-electron chi connectivity index (χ1n) is 5.90. The summed E-state index contributed by atoms with van der Waals surface area (Å²) in [6.07, 6.45) is 3.23. The first-order chi connectivity index (χ1) is 7.79. The molecule has 0 atom stereocenters. The normalized spacial score (nSPS) is 14.9. The maximum absolute atomic E-state index is 8.70. The number of aryl methyl sites for hydroxylation is 1. The lowest BCUT2D eigenvalue weighted by atomic mass is 10.2. The molecule has 16 heavy (non-hydrogen) atoms. The van der Waals surface area contributed by atoms with Crippen LogP contribution in [0.25, 0.3) is 0 Å². The summed E-state index contributed by atoms with van der Waals surface area (Å²) in [4.78, 5) is 0. The summed E-state index contributed by atoms with van der Waals surface area (Å²) in [5, 5.41) is 12.1. The predicted octanol–water partition coefficient (Wildman–Crippen LogP) is 2.33. The van der Waals surface area contributed by atoms with E-state index >= 15 is 0 Å². The van der Waals surface area contributed by atoms with Crippen LogP contribution in [0.3, 0.4) is 0 Å². The van der Waals surface area contributed by atoms with E-state index in [1.54, 1.807) is 0 Å². The largest absolute Gasteiger partial charge is 0.493 e. The molecule has 0 bridgehead atoms. The number of ether oxygens (including phenoxy) is 1. The number of rotatable bonds is 6. The Kier molecular flexibility index (Phi) is 3.67. The summed E-state index contributed by atoms with van der Waals surface area (Å²) >= 11 is 0. The predicted molar refractivity (Wildman–Crippen MR) is 65.0 cm³/mol. The zero-order valence-corrected chi connectivity index (χ0v) is 9.70. The zero-order chi connectivity index (χ0) is 11.4. The molecule has 1 aliphatic carbocycles. The molecule has 0 unspecified atom stereocenters. The lowest BCUT2D eigenvalue weighted by Crippen LogP contribution is -2.04. The highest BCUT2D eigenvalue weighted by Gasteiger charge is 2.20. The molecule has 2 rings (SSSR count). The molecule has 3 heteroatoms. The van der Waals surface area contributed by atoms with Crippen molar-refractivity contribution in [2.24, 2.45) is 0 Å². The molecule has 0 heterocycles. The van der Waals surface area contributed by atoms with E-state index in [2.05, 4.69) is 17.4 Å². The van der Waals surface area contributed by atoms with Crippen LogP contribution in [-0.2, 0) is 0 Å². The van der Waals surface area contributed by atoms with E-state index < -0.39 is 0 Å². The molecule has 1 saturated carbocycles. The molecule has 2 N–H and O–H groups in total. The fourth-order valence-corrected chi connectivity index (χ4v) is 1.56. The minimum absolute atomic E-state index is 0.180. The standard InChI is InChI=1S/C13H19NO2/c1-10-3-4-12(14-11-5-6-11)9-13(10)16-8-2-7-15/h3-4,9,11,14-15H,2,5-8H2,1H3. The number of anilines is 1. The highest BCUT2D eigenvalue weighted by molar-refractivity contribution is 5.52. The number of nitrogens with one attached hydrogen (secondary N) is 1. The maximum atomic E-state index is 8.70. The quantitative estimate of drug-likeness (QED) is 0.724. The van der Waals surface area contributed by atoms with Crippen molar-refractivity contribution in [3.8, 4) is 5.75 Å². The molecule has 1 aromatic rings. The summed E-state index contributed by atoms with van der Waals surface area (Å²) < 4.78 is 5.62. The average molecular weight is 221 g/mol. The average Bonchev–Trinajstić information content (AvgIpc) is 3.07. The molecule has 3 nitrogen and oxygen atoms in total. The van der Waals surface area contributed by atoms with Crippen LogP contribution in [0.15, 0.2) is 18.2 Å². The van der Waals surface area contributed by atoms with Crippen LogP contribution in [0.1, 0.15) is 24.8 Å². The number of benzene rings is 1. The van der Waals surface area contributed by atoms with Gasteiger partial charge in [0.1, 0.15) is 5.75 Å². The molecule has 0 spiro atoms. The lowest BCUT2D eigenvalue weighted by Gasteiger charge is -2.11. The first-order valence-corrected chi connectivity index (χ1v) is 5.90. The lowest BCUT2D eigenvalue weighted by molar-refractivity contribution is 0.233. The van der Waals surface area contributed by atoms with Gasteiger partial charge >= 0.3 is 0 Å². The van der Waals surface area contributed by atoms with Crippen LogP contribution in [-0.4, -0.2) is 24.4 Å². The van der Waals surface area contributed by atoms with Gasteiger partial charge in [0.15, 0.2) is 0 Å². The molecule has 1 aromatic carbocycles. The second kappa shape index (κ2) is 5.21. The van der Waals surface area contributed by atoms with Crippen molar-refractivity contribution in [1.82, 2.24) is 0 Å². The first kappa shape index (κ1) is 11.3. The molecular weight excluding hydrogens is 202 g/mol. The molecular formula is C13H19NO2. The number of hydrogen-bond acceptors (Lipinski definition) is 3. The van der Waals surface area contributed by atoms with E-state index in [1.165, 1.54) is 12.8 Å². The Labute approximate surface area is 96.4 Å². The van der Waals surface area contributed by atoms with Gasteiger partial charge in [0.25, 0.3) is 0 Å². The third-order valence-corrected chi connectivity index (χ3v) is 2.70. The molecule has 0 amide bonds. The Morgan fingerprint density at radius 1 is 1.44 bits per heavy atom. The fraction of sp³-hybridized carbons (Fsp3) is 0.538. The number of hydrogen-bond donors (Lipinski definition) is 2. The number of aliphatic hydroxyl groups is 1. The third-order valence-electron chi connectivity index (χ3n) is 2.70. The van der Waals surface area contributed by atoms with Crippen molar-refractivity contribution in [2.75, 3.05) is 18.5 Å². The Morgan fingerprint density at radius 3 is 2.94 bits per heavy atom. The minimum Gasteiger partial charge on any atom is -0.493 e. The van der Waals surface area contributed by atoms with Crippen LogP contribution >= 0.6 is 0 Å². The van der Waals surface area contributed by atoms with Gasteiger partial charge in [-0.1, -0.05) is 6.07 Å². The van der Waals surface area contributed by atoms with Gasteiger partial charge in [0, 0.05) is 30.8 Å². The van der Waals surface area contributed by atoms with E-state index in [-0.39, 0.29) is 6.61 Å². The second-order valence-electron chi connectivity index (χ2n) is 4.32. The van der Waals surface area contributed by atoms with Gasteiger partial charge in [-0.2, -0.15) is 0 Å². The van der Waals surface area contributed by atoms with Gasteiger partial charge in [-0.25, -0.2) is 0 Å². The van der Waals surface area contributed by atoms with Gasteiger partial charge in [0.2, 0.25) is 0 Å². The summed E-state index contributed by atoms with van der Waals surface area (Å²) in [5.41, 5.74) is 2.27. The van der Waals surface area contributed by atoms with Gasteiger partial charge in [-0.3, -0.25) is 0 Å². The van der Waals surface area contributed by atoms with Gasteiger partial charge in [0.05, 0.1) is 6.61 Å². The summed E-state index contributed by atoms with van der Waals surface area (Å²) in [5.74, 6) is 0.916. The van der Waals surface area contributed by atoms with Crippen LogP contribution in [0.5, 0.6) is 5.75 Å². The van der Waals surface area contributed by atoms with Crippen molar-refractivity contribution in [3.05, 3.63) is 23.8 Å². The Bertz CT molecular complexity index is 348. The Morgan fingerprint density at radius 2 is 2.25 bits per heavy atom. The molecule has 0 aromatic heterocycles. The highest BCUT2D eigenvalue weighted by atomic mass is 16.5. The molecule has 88 valence electrons. The Balaban J connectivity index is 1.97. The molecule has 0 aliphatic heterocycles. The van der Waals surface area contributed by atoms with Gasteiger partial charge in [-0.15, -0.1) is 0 Å². The molecule has 0 saturated heterocycles. The maximum Gasteiger partial charge on any atom is 0.124 e. The van der Waals surface area contributed by atoms with Crippen molar-refractivity contribution in [1.29, 1.82) is 0 Å². The van der Waals surface area contributed by atoms with E-state index in [0.717, 1.165) is 17.0 Å². The monoisotopic (exact) mass is 221 g/mol. The van der Waals surface area contributed by atoms with Crippen LogP contribution in [0.4, 0.5) is 5.69 Å². The smallest absolute Gasteiger partial charge is 0.124 e. The van der Waals surface area contributed by atoms with Crippen LogP contribution in [0, 0.1) is 6.92 Å². The third kappa shape index (κ3) is 3.14. The molecule has 0 radical (unpaired) electrons. The fourth-order valence-electron chi connectivity index (χ4n) is 1.56.